The fourth-order valence-electron chi connectivity index (χ4n) is 2.54. The molecule has 3 rings (SSSR count). The molecule has 0 spiro atoms. The molecule has 1 heterocycles. The molecule has 1 fully saturated rings. The Labute approximate surface area is 161 Å². The summed E-state index contributed by atoms with van der Waals surface area (Å²) >= 11 is 11.9. The third kappa shape index (κ3) is 3.54. The smallest absolute Gasteiger partial charge is 0.282 e. The number of nitrogens with one attached hydrogen (secondary N) is 1. The van der Waals surface area contributed by atoms with Crippen LogP contribution in [-0.4, -0.2) is 25.4 Å². The highest BCUT2D eigenvalue weighted by molar-refractivity contribution is 6.42. The molecule has 0 bridgehead atoms. The predicted octanol–water partition coefficient (Wildman–Crippen LogP) is 3.91. The highest BCUT2D eigenvalue weighted by atomic mass is 35.5. The summed E-state index contributed by atoms with van der Waals surface area (Å²) in [7, 11) is 2.00. The minimum atomic E-state index is -0.462. The average molecular weight is 390 g/mol. The van der Waals surface area contributed by atoms with E-state index in [0.29, 0.717) is 15.7 Å². The quantitative estimate of drug-likeness (QED) is 0.636. The number of carbonyl (C=O) groups excluding carboxylic acids is 2. The zero-order valence-corrected chi connectivity index (χ0v) is 15.8. The normalized spacial score (nSPS) is 15.5. The summed E-state index contributed by atoms with van der Waals surface area (Å²) in [5.74, 6) is -0.904. The molecule has 1 saturated heterocycles. The van der Waals surface area contributed by atoms with Crippen molar-refractivity contribution in [2.24, 2.45) is 0 Å². The molecule has 1 aliphatic rings. The van der Waals surface area contributed by atoms with Crippen LogP contribution >= 0.6 is 23.2 Å². The number of amides is 2. The Hall–Kier alpha value is -2.50. The van der Waals surface area contributed by atoms with Crippen LogP contribution in [0.4, 0.5) is 11.4 Å². The maximum Gasteiger partial charge on any atom is 0.282 e. The van der Waals surface area contributed by atoms with Gasteiger partial charge in [0.05, 0.1) is 15.7 Å². The number of carbonyl (C=O) groups is 2. The van der Waals surface area contributed by atoms with Crippen LogP contribution < -0.4 is 15.3 Å². The van der Waals surface area contributed by atoms with Crippen LogP contribution in [0.15, 0.2) is 48.0 Å². The first-order valence-corrected chi connectivity index (χ1v) is 8.79. The Kier molecular flexibility index (Phi) is 5.20. The van der Waals surface area contributed by atoms with Gasteiger partial charge in [0.25, 0.3) is 11.8 Å². The summed E-state index contributed by atoms with van der Waals surface area (Å²) < 4.78 is 0. The van der Waals surface area contributed by atoms with E-state index in [1.807, 2.05) is 31.3 Å². The molecule has 0 saturated carbocycles. The zero-order chi connectivity index (χ0) is 18.8. The van der Waals surface area contributed by atoms with Crippen LogP contribution in [0.3, 0.4) is 0 Å². The van der Waals surface area contributed by atoms with Crippen molar-refractivity contribution in [3.63, 3.8) is 0 Å². The number of hydrogen-bond acceptors (Lipinski definition) is 3. The van der Waals surface area contributed by atoms with Crippen LogP contribution in [0.1, 0.15) is 12.5 Å². The van der Waals surface area contributed by atoms with E-state index >= 15 is 0 Å². The zero-order valence-electron chi connectivity index (χ0n) is 14.3. The van der Waals surface area contributed by atoms with Crippen LogP contribution in [-0.2, 0) is 9.59 Å². The number of hydrogen-bond donors (Lipinski definition) is 1. The lowest BCUT2D eigenvalue weighted by atomic mass is 10.1. The lowest BCUT2D eigenvalue weighted by molar-refractivity contribution is -0.117. The van der Waals surface area contributed by atoms with E-state index in [-0.39, 0.29) is 5.57 Å². The molecule has 26 heavy (non-hydrogen) atoms. The molecule has 2 amide bonds. The van der Waals surface area contributed by atoms with E-state index < -0.39 is 11.8 Å². The highest BCUT2D eigenvalue weighted by Crippen LogP contribution is 2.29. The van der Waals surface area contributed by atoms with Crippen molar-refractivity contribution in [3.8, 4) is 0 Å². The fourth-order valence-corrected chi connectivity index (χ4v) is 2.83. The lowest BCUT2D eigenvalue weighted by Crippen LogP contribution is -2.35. The van der Waals surface area contributed by atoms with Gasteiger partial charge >= 0.3 is 0 Å². The monoisotopic (exact) mass is 389 g/mol. The van der Waals surface area contributed by atoms with E-state index in [1.165, 1.54) is 6.07 Å². The van der Waals surface area contributed by atoms with E-state index in [2.05, 4.69) is 17.2 Å². The first-order valence-electron chi connectivity index (χ1n) is 8.04. The minimum absolute atomic E-state index is 0.0627. The van der Waals surface area contributed by atoms with Gasteiger partial charge in [-0.3, -0.25) is 15.0 Å². The highest BCUT2D eigenvalue weighted by Gasteiger charge is 2.34. The van der Waals surface area contributed by atoms with E-state index in [9.17, 15) is 9.59 Å². The molecular formula is C19H17Cl2N3O2. The van der Waals surface area contributed by atoms with Gasteiger partial charge in [-0.2, -0.15) is 0 Å². The molecule has 134 valence electrons. The molecule has 2 aromatic rings. The molecule has 0 aliphatic carbocycles. The van der Waals surface area contributed by atoms with Gasteiger partial charge < -0.3 is 4.90 Å². The molecule has 0 aromatic heterocycles. The maximum atomic E-state index is 12.6. The van der Waals surface area contributed by atoms with Gasteiger partial charge in [-0.15, -0.1) is 0 Å². The second-order valence-electron chi connectivity index (χ2n) is 5.84. The molecule has 1 N–H and O–H groups in total. The average Bonchev–Trinajstić information content (AvgIpc) is 2.92. The third-order valence-corrected chi connectivity index (χ3v) is 4.91. The van der Waals surface area contributed by atoms with Gasteiger partial charge in [-0.05, 0) is 48.9 Å². The number of rotatable bonds is 4. The number of benzene rings is 2. The molecular weight excluding hydrogens is 373 g/mol. The van der Waals surface area contributed by atoms with Crippen LogP contribution in [0.5, 0.6) is 0 Å². The Bertz CT molecular complexity index is 894. The second-order valence-corrected chi connectivity index (χ2v) is 6.66. The van der Waals surface area contributed by atoms with Gasteiger partial charge in [0.1, 0.15) is 5.57 Å². The molecule has 0 atom stereocenters. The number of hydrazine groups is 1. The summed E-state index contributed by atoms with van der Waals surface area (Å²) in [4.78, 5) is 27.0. The first kappa shape index (κ1) is 18.3. The maximum absolute atomic E-state index is 12.6. The molecule has 1 aliphatic heterocycles. The van der Waals surface area contributed by atoms with Crippen molar-refractivity contribution in [3.05, 3.63) is 63.6 Å². The Balaban J connectivity index is 1.86. The Morgan fingerprint density at radius 2 is 1.77 bits per heavy atom. The lowest BCUT2D eigenvalue weighted by Gasteiger charge is -2.16. The van der Waals surface area contributed by atoms with Gasteiger partial charge in [0, 0.05) is 19.3 Å². The summed E-state index contributed by atoms with van der Waals surface area (Å²) in [6, 6.07) is 12.4. The topological polar surface area (TPSA) is 52.7 Å². The molecule has 5 nitrogen and oxygen atoms in total. The van der Waals surface area contributed by atoms with Crippen molar-refractivity contribution >= 4 is 52.5 Å². The van der Waals surface area contributed by atoms with Crippen LogP contribution in [0.2, 0.25) is 10.0 Å². The SMILES string of the molecule is CCN(C)c1ccc(/C=C2/C(=O)NN(c3ccc(Cl)c(Cl)c3)C2=O)cc1. The van der Waals surface area contributed by atoms with E-state index in [0.717, 1.165) is 22.8 Å². The minimum Gasteiger partial charge on any atom is -0.375 e. The van der Waals surface area contributed by atoms with Crippen molar-refractivity contribution in [1.82, 2.24) is 5.43 Å². The Morgan fingerprint density at radius 3 is 2.38 bits per heavy atom. The first-order chi connectivity index (χ1) is 12.4. The molecule has 7 heteroatoms. The van der Waals surface area contributed by atoms with Gasteiger partial charge in [-0.25, -0.2) is 5.01 Å². The summed E-state index contributed by atoms with van der Waals surface area (Å²) in [6.07, 6.45) is 1.57. The van der Waals surface area contributed by atoms with Crippen LogP contribution in [0, 0.1) is 0 Å². The standard InChI is InChI=1S/C19H17Cl2N3O2/c1-3-23(2)13-6-4-12(5-7-13)10-15-18(25)22-24(19(15)26)14-8-9-16(20)17(21)11-14/h4-11H,3H2,1-2H3,(H,22,25)/b15-10-. The molecule has 0 unspecified atom stereocenters. The van der Waals surface area contributed by atoms with Crippen molar-refractivity contribution in [1.29, 1.82) is 0 Å². The fraction of sp³-hybridized carbons (Fsp3) is 0.158. The third-order valence-electron chi connectivity index (χ3n) is 4.17. The van der Waals surface area contributed by atoms with Crippen molar-refractivity contribution in [2.45, 2.75) is 6.92 Å². The van der Waals surface area contributed by atoms with Crippen LogP contribution in [0.25, 0.3) is 6.08 Å². The predicted molar refractivity (Wildman–Crippen MR) is 105 cm³/mol. The van der Waals surface area contributed by atoms with Crippen molar-refractivity contribution < 1.29 is 9.59 Å². The van der Waals surface area contributed by atoms with Gasteiger partial charge in [-0.1, -0.05) is 35.3 Å². The largest absolute Gasteiger partial charge is 0.375 e. The number of halogens is 2. The van der Waals surface area contributed by atoms with E-state index in [4.69, 9.17) is 23.2 Å². The summed E-state index contributed by atoms with van der Waals surface area (Å²) in [6.45, 7) is 2.95. The van der Waals surface area contributed by atoms with Gasteiger partial charge in [0.15, 0.2) is 0 Å². The molecule has 0 radical (unpaired) electrons. The second kappa shape index (κ2) is 7.40. The number of anilines is 2. The van der Waals surface area contributed by atoms with Gasteiger partial charge in [0.2, 0.25) is 0 Å². The van der Waals surface area contributed by atoms with Crippen molar-refractivity contribution in [2.75, 3.05) is 23.5 Å². The summed E-state index contributed by atoms with van der Waals surface area (Å²) in [5, 5.41) is 1.84. The Morgan fingerprint density at radius 1 is 1.08 bits per heavy atom. The summed E-state index contributed by atoms with van der Waals surface area (Å²) in [5.41, 5.74) is 4.89. The molecule has 2 aromatic carbocycles. The van der Waals surface area contributed by atoms with E-state index in [1.54, 1.807) is 18.2 Å². The number of nitrogens with zero attached hydrogens (tertiary/aromatic N) is 2.